The molecule has 1 aliphatic heterocycles. The van der Waals surface area contributed by atoms with Crippen molar-refractivity contribution in [3.8, 4) is 0 Å². The van der Waals surface area contributed by atoms with Crippen LogP contribution in [0.1, 0.15) is 60.3 Å². The van der Waals surface area contributed by atoms with E-state index in [1.165, 1.54) is 44.3 Å². The maximum absolute atomic E-state index is 2.69. The van der Waals surface area contributed by atoms with Crippen molar-refractivity contribution >= 4 is 0 Å². The molecule has 0 aromatic heterocycles. The van der Waals surface area contributed by atoms with Crippen LogP contribution in [0, 0.1) is 5.41 Å². The van der Waals surface area contributed by atoms with E-state index in [1.54, 1.807) is 16.7 Å². The molecule has 24 heavy (non-hydrogen) atoms. The molecule has 1 heteroatoms. The van der Waals surface area contributed by atoms with Gasteiger partial charge in [0, 0.05) is 25.6 Å². The van der Waals surface area contributed by atoms with E-state index in [9.17, 15) is 0 Å². The van der Waals surface area contributed by atoms with Gasteiger partial charge in [-0.3, -0.25) is 4.90 Å². The molecule has 1 saturated heterocycles. The Morgan fingerprint density at radius 1 is 1.00 bits per heavy atom. The minimum absolute atomic E-state index is 0.462. The topological polar surface area (TPSA) is 3.24 Å². The second-order valence-corrected chi connectivity index (χ2v) is 8.55. The average Bonchev–Trinajstić information content (AvgIpc) is 3.38. The summed E-state index contributed by atoms with van der Waals surface area (Å²) in [5.41, 5.74) is 7.01. The minimum Gasteiger partial charge on any atom is -0.298 e. The molecule has 0 bridgehead atoms. The van der Waals surface area contributed by atoms with Gasteiger partial charge in [-0.05, 0) is 59.3 Å². The highest BCUT2D eigenvalue weighted by Gasteiger charge is 2.47. The summed E-state index contributed by atoms with van der Waals surface area (Å²) in [6, 6.07) is 18.2. The van der Waals surface area contributed by atoms with E-state index >= 15 is 0 Å². The van der Waals surface area contributed by atoms with Gasteiger partial charge in [0.25, 0.3) is 0 Å². The fraction of sp³-hybridized carbons (Fsp3) is 0.478. The highest BCUT2D eigenvalue weighted by Crippen LogP contribution is 2.53. The molecule has 0 radical (unpaired) electrons. The summed E-state index contributed by atoms with van der Waals surface area (Å²) >= 11 is 0. The summed E-state index contributed by atoms with van der Waals surface area (Å²) in [6.07, 6.45) is 5.49. The maximum Gasteiger partial charge on any atom is 0.0234 e. The third-order valence-corrected chi connectivity index (χ3v) is 6.70. The van der Waals surface area contributed by atoms with Gasteiger partial charge >= 0.3 is 0 Å². The molecule has 5 rings (SSSR count). The first-order chi connectivity index (χ1) is 11.7. The average molecular weight is 317 g/mol. The Morgan fingerprint density at radius 3 is 2.58 bits per heavy atom. The molecule has 2 fully saturated rings. The normalized spacial score (nSPS) is 29.3. The summed E-state index contributed by atoms with van der Waals surface area (Å²) in [5, 5.41) is 0. The highest BCUT2D eigenvalue weighted by molar-refractivity contribution is 5.45. The molecule has 0 N–H and O–H groups in total. The van der Waals surface area contributed by atoms with Crippen LogP contribution in [0.25, 0.3) is 0 Å². The molecule has 0 spiro atoms. The standard InChI is InChI=1S/C23H27N/c1-23-13-12-20-19(18-10-11-18)8-5-9-21(20)22(23)15-24(16-23)14-17-6-3-2-4-7-17/h2-9,18,22H,10-16H2,1H3. The SMILES string of the molecule is CC12CCc3c(C4CC4)cccc3C1CN(Cc1ccccc1)C2. The molecule has 2 aromatic carbocycles. The summed E-state index contributed by atoms with van der Waals surface area (Å²) < 4.78 is 0. The van der Waals surface area contributed by atoms with Crippen LogP contribution in [0.15, 0.2) is 48.5 Å². The third-order valence-electron chi connectivity index (χ3n) is 6.70. The second kappa shape index (κ2) is 5.46. The fourth-order valence-corrected chi connectivity index (χ4v) is 5.28. The van der Waals surface area contributed by atoms with Crippen LogP contribution in [-0.2, 0) is 13.0 Å². The Balaban J connectivity index is 1.44. The minimum atomic E-state index is 0.462. The molecule has 2 atom stereocenters. The van der Waals surface area contributed by atoms with Crippen LogP contribution in [0.4, 0.5) is 0 Å². The maximum atomic E-state index is 2.69. The first kappa shape index (κ1) is 14.7. The van der Waals surface area contributed by atoms with E-state index < -0.39 is 0 Å². The van der Waals surface area contributed by atoms with Crippen molar-refractivity contribution in [1.29, 1.82) is 0 Å². The number of hydrogen-bond donors (Lipinski definition) is 0. The number of hydrogen-bond acceptors (Lipinski definition) is 1. The van der Waals surface area contributed by atoms with Crippen LogP contribution in [-0.4, -0.2) is 18.0 Å². The lowest BCUT2D eigenvalue weighted by molar-refractivity contribution is 0.240. The molecule has 3 aliphatic rings. The number of likely N-dealkylation sites (tertiary alicyclic amines) is 1. The van der Waals surface area contributed by atoms with E-state index in [4.69, 9.17) is 0 Å². The van der Waals surface area contributed by atoms with Crippen LogP contribution in [0.3, 0.4) is 0 Å². The number of nitrogens with zero attached hydrogens (tertiary/aromatic N) is 1. The zero-order valence-electron chi connectivity index (χ0n) is 14.7. The fourth-order valence-electron chi connectivity index (χ4n) is 5.28. The van der Waals surface area contributed by atoms with Crippen molar-refractivity contribution in [3.63, 3.8) is 0 Å². The molecule has 2 unspecified atom stereocenters. The first-order valence-corrected chi connectivity index (χ1v) is 9.61. The molecular formula is C23H27N. The molecule has 1 nitrogen and oxygen atoms in total. The Bertz CT molecular complexity index is 746. The van der Waals surface area contributed by atoms with E-state index in [-0.39, 0.29) is 0 Å². The summed E-state index contributed by atoms with van der Waals surface area (Å²) in [5.74, 6) is 1.61. The van der Waals surface area contributed by atoms with Gasteiger partial charge in [-0.1, -0.05) is 55.5 Å². The lowest BCUT2D eigenvalue weighted by Gasteiger charge is -2.38. The molecular weight excluding hydrogens is 290 g/mol. The van der Waals surface area contributed by atoms with Crippen LogP contribution >= 0.6 is 0 Å². The first-order valence-electron chi connectivity index (χ1n) is 9.61. The predicted octanol–water partition coefficient (Wildman–Crippen LogP) is 5.12. The number of benzene rings is 2. The summed E-state index contributed by atoms with van der Waals surface area (Å²) in [4.78, 5) is 2.69. The van der Waals surface area contributed by atoms with E-state index in [2.05, 4.69) is 60.4 Å². The zero-order chi connectivity index (χ0) is 16.1. The van der Waals surface area contributed by atoms with Crippen LogP contribution < -0.4 is 0 Å². The Hall–Kier alpha value is -1.60. The molecule has 1 saturated carbocycles. The van der Waals surface area contributed by atoms with Gasteiger partial charge in [0.2, 0.25) is 0 Å². The monoisotopic (exact) mass is 317 g/mol. The van der Waals surface area contributed by atoms with Gasteiger partial charge < -0.3 is 0 Å². The van der Waals surface area contributed by atoms with Crippen molar-refractivity contribution in [2.24, 2.45) is 5.41 Å². The van der Waals surface area contributed by atoms with E-state index in [0.29, 0.717) is 5.41 Å². The molecule has 2 aliphatic carbocycles. The van der Waals surface area contributed by atoms with E-state index in [0.717, 1.165) is 18.4 Å². The van der Waals surface area contributed by atoms with E-state index in [1.807, 2.05) is 0 Å². The van der Waals surface area contributed by atoms with Gasteiger partial charge in [0.15, 0.2) is 0 Å². The molecule has 2 aromatic rings. The van der Waals surface area contributed by atoms with Gasteiger partial charge in [0.1, 0.15) is 0 Å². The van der Waals surface area contributed by atoms with Gasteiger partial charge in [-0.25, -0.2) is 0 Å². The van der Waals surface area contributed by atoms with Crippen molar-refractivity contribution in [3.05, 3.63) is 70.8 Å². The molecule has 1 heterocycles. The van der Waals surface area contributed by atoms with Gasteiger partial charge in [-0.15, -0.1) is 0 Å². The third kappa shape index (κ3) is 2.41. The Labute approximate surface area is 145 Å². The quantitative estimate of drug-likeness (QED) is 0.760. The van der Waals surface area contributed by atoms with Crippen molar-refractivity contribution in [2.75, 3.05) is 13.1 Å². The lowest BCUT2D eigenvalue weighted by Crippen LogP contribution is -2.31. The van der Waals surface area contributed by atoms with Crippen molar-refractivity contribution in [1.82, 2.24) is 4.90 Å². The Kier molecular flexibility index (Phi) is 3.35. The Morgan fingerprint density at radius 2 is 1.79 bits per heavy atom. The lowest BCUT2D eigenvalue weighted by atomic mass is 9.66. The highest BCUT2D eigenvalue weighted by atomic mass is 15.2. The van der Waals surface area contributed by atoms with Gasteiger partial charge in [-0.2, -0.15) is 0 Å². The smallest absolute Gasteiger partial charge is 0.0234 e. The van der Waals surface area contributed by atoms with Crippen molar-refractivity contribution < 1.29 is 0 Å². The van der Waals surface area contributed by atoms with Crippen molar-refractivity contribution in [2.45, 2.75) is 51.0 Å². The second-order valence-electron chi connectivity index (χ2n) is 8.55. The molecule has 0 amide bonds. The van der Waals surface area contributed by atoms with Crippen LogP contribution in [0.5, 0.6) is 0 Å². The predicted molar refractivity (Wildman–Crippen MR) is 99.3 cm³/mol. The van der Waals surface area contributed by atoms with Gasteiger partial charge in [0.05, 0.1) is 0 Å². The number of rotatable bonds is 3. The number of fused-ring (bicyclic) bond motifs is 3. The summed E-state index contributed by atoms with van der Waals surface area (Å²) in [6.45, 7) is 6.12. The zero-order valence-corrected chi connectivity index (χ0v) is 14.7. The molecule has 124 valence electrons. The summed E-state index contributed by atoms with van der Waals surface area (Å²) in [7, 11) is 0. The van der Waals surface area contributed by atoms with Crippen LogP contribution in [0.2, 0.25) is 0 Å². The largest absolute Gasteiger partial charge is 0.298 e.